The molecule has 1 aromatic rings. The van der Waals surface area contributed by atoms with Gasteiger partial charge in [0.05, 0.1) is 13.7 Å². The molecule has 0 saturated carbocycles. The normalized spacial score (nSPS) is 19.4. The van der Waals surface area contributed by atoms with Crippen molar-refractivity contribution in [1.82, 2.24) is 15.5 Å². The Hall–Kier alpha value is -1.95. The van der Waals surface area contributed by atoms with Crippen molar-refractivity contribution in [2.45, 2.75) is 52.7 Å². The summed E-state index contributed by atoms with van der Waals surface area (Å²) >= 11 is 0. The number of nitrogens with zero attached hydrogens (tertiary/aromatic N) is 2. The van der Waals surface area contributed by atoms with Crippen LogP contribution in [0.5, 0.6) is 11.5 Å². The van der Waals surface area contributed by atoms with E-state index in [1.54, 1.807) is 7.11 Å². The Kier molecular flexibility index (Phi) is 9.41. The predicted molar refractivity (Wildman–Crippen MR) is 116 cm³/mol. The lowest BCUT2D eigenvalue weighted by atomic mass is 9.97. The van der Waals surface area contributed by atoms with Crippen LogP contribution in [-0.2, 0) is 0 Å². The smallest absolute Gasteiger partial charge is 0.191 e. The van der Waals surface area contributed by atoms with E-state index in [1.807, 2.05) is 31.2 Å². The number of hydrogen-bond donors (Lipinski definition) is 2. The summed E-state index contributed by atoms with van der Waals surface area (Å²) in [5.74, 6) is 3.03. The molecule has 0 spiro atoms. The van der Waals surface area contributed by atoms with Gasteiger partial charge in [-0.25, -0.2) is 4.99 Å². The van der Waals surface area contributed by atoms with Gasteiger partial charge in [0.1, 0.15) is 6.10 Å². The summed E-state index contributed by atoms with van der Waals surface area (Å²) in [5.41, 5.74) is 0. The maximum Gasteiger partial charge on any atom is 0.191 e. The fourth-order valence-corrected chi connectivity index (χ4v) is 3.51. The first kappa shape index (κ1) is 22.3. The third-order valence-electron chi connectivity index (χ3n) is 5.09. The lowest BCUT2D eigenvalue weighted by Gasteiger charge is -2.35. The van der Waals surface area contributed by atoms with Gasteiger partial charge in [0.15, 0.2) is 17.5 Å². The Morgan fingerprint density at radius 1 is 1.21 bits per heavy atom. The number of hydrogen-bond acceptors (Lipinski definition) is 4. The van der Waals surface area contributed by atoms with Crippen LogP contribution in [0.25, 0.3) is 0 Å². The fraction of sp³-hybridized carbons (Fsp3) is 0.682. The van der Waals surface area contributed by atoms with Crippen LogP contribution in [0.4, 0.5) is 0 Å². The number of guanidine groups is 1. The minimum absolute atomic E-state index is 0.0436. The zero-order chi connectivity index (χ0) is 20.4. The van der Waals surface area contributed by atoms with Gasteiger partial charge >= 0.3 is 0 Å². The van der Waals surface area contributed by atoms with Gasteiger partial charge in [-0.15, -0.1) is 0 Å². The molecule has 158 valence electrons. The van der Waals surface area contributed by atoms with Gasteiger partial charge < -0.3 is 25.0 Å². The summed E-state index contributed by atoms with van der Waals surface area (Å²) in [6.45, 7) is 13.4. The van der Waals surface area contributed by atoms with E-state index in [2.05, 4.69) is 36.3 Å². The molecule has 1 heterocycles. The minimum atomic E-state index is -0.0436. The Morgan fingerprint density at radius 3 is 2.64 bits per heavy atom. The van der Waals surface area contributed by atoms with Crippen molar-refractivity contribution < 1.29 is 9.47 Å². The van der Waals surface area contributed by atoms with Crippen molar-refractivity contribution in [3.63, 3.8) is 0 Å². The minimum Gasteiger partial charge on any atom is -0.493 e. The zero-order valence-electron chi connectivity index (χ0n) is 18.2. The number of nitrogens with one attached hydrogen (secondary N) is 2. The molecular formula is C22H38N4O2. The van der Waals surface area contributed by atoms with Gasteiger partial charge in [-0.05, 0) is 65.1 Å². The second-order valence-corrected chi connectivity index (χ2v) is 7.78. The molecule has 0 aromatic heterocycles. The molecule has 1 fully saturated rings. The highest BCUT2D eigenvalue weighted by atomic mass is 16.5. The first-order valence-electron chi connectivity index (χ1n) is 10.6. The van der Waals surface area contributed by atoms with Crippen molar-refractivity contribution in [3.05, 3.63) is 24.3 Å². The molecule has 28 heavy (non-hydrogen) atoms. The SMILES string of the molecule is CCNC(=NCC(C)Oc1ccccc1OC)NCC1CCCN(C(C)C)C1. The number of likely N-dealkylation sites (tertiary alicyclic amines) is 1. The first-order valence-corrected chi connectivity index (χ1v) is 10.6. The Labute approximate surface area is 170 Å². The van der Waals surface area contributed by atoms with Crippen LogP contribution in [0.1, 0.15) is 40.5 Å². The van der Waals surface area contributed by atoms with E-state index in [1.165, 1.54) is 19.4 Å². The zero-order valence-corrected chi connectivity index (χ0v) is 18.2. The van der Waals surface area contributed by atoms with Crippen LogP contribution < -0.4 is 20.1 Å². The number of para-hydroxylation sites is 2. The highest BCUT2D eigenvalue weighted by Gasteiger charge is 2.21. The summed E-state index contributed by atoms with van der Waals surface area (Å²) in [4.78, 5) is 7.29. The summed E-state index contributed by atoms with van der Waals surface area (Å²) in [6, 6.07) is 8.34. The fourth-order valence-electron chi connectivity index (χ4n) is 3.51. The van der Waals surface area contributed by atoms with Gasteiger partial charge in [0, 0.05) is 25.7 Å². The number of piperidine rings is 1. The van der Waals surface area contributed by atoms with E-state index in [4.69, 9.17) is 14.5 Å². The molecule has 1 aliphatic rings. The Balaban J connectivity index is 1.85. The van der Waals surface area contributed by atoms with Gasteiger partial charge in [0.2, 0.25) is 0 Å². The Morgan fingerprint density at radius 2 is 1.96 bits per heavy atom. The Bertz CT molecular complexity index is 606. The molecule has 6 heteroatoms. The average molecular weight is 391 g/mol. The van der Waals surface area contributed by atoms with Gasteiger partial charge in [-0.3, -0.25) is 0 Å². The molecule has 0 bridgehead atoms. The number of aliphatic imine (C=N–C) groups is 1. The molecule has 0 amide bonds. The largest absolute Gasteiger partial charge is 0.493 e. The molecule has 1 saturated heterocycles. The summed E-state index contributed by atoms with van der Waals surface area (Å²) < 4.78 is 11.4. The maximum absolute atomic E-state index is 6.01. The maximum atomic E-state index is 6.01. The standard InChI is InChI=1S/C22H38N4O2/c1-6-23-22(25-15-19-10-9-13-26(16-19)17(2)3)24-14-18(4)28-21-12-8-7-11-20(21)27-5/h7-8,11-12,17-19H,6,9-10,13-16H2,1-5H3,(H2,23,24,25). The van der Waals surface area contributed by atoms with Crippen molar-refractivity contribution in [1.29, 1.82) is 0 Å². The second-order valence-electron chi connectivity index (χ2n) is 7.78. The van der Waals surface area contributed by atoms with Crippen molar-refractivity contribution in [2.75, 3.05) is 39.8 Å². The molecule has 6 nitrogen and oxygen atoms in total. The summed E-state index contributed by atoms with van der Waals surface area (Å²) in [5, 5.41) is 6.87. The van der Waals surface area contributed by atoms with E-state index >= 15 is 0 Å². The van der Waals surface area contributed by atoms with E-state index in [0.29, 0.717) is 18.5 Å². The lowest BCUT2D eigenvalue weighted by Crippen LogP contribution is -2.46. The van der Waals surface area contributed by atoms with Crippen molar-refractivity contribution >= 4 is 5.96 Å². The summed E-state index contributed by atoms with van der Waals surface area (Å²) in [7, 11) is 1.66. The molecule has 0 aliphatic carbocycles. The molecule has 1 aromatic carbocycles. The molecule has 2 N–H and O–H groups in total. The van der Waals surface area contributed by atoms with Crippen LogP contribution >= 0.6 is 0 Å². The van der Waals surface area contributed by atoms with Crippen molar-refractivity contribution in [3.8, 4) is 11.5 Å². The van der Waals surface area contributed by atoms with E-state index < -0.39 is 0 Å². The first-order chi connectivity index (χ1) is 13.5. The van der Waals surface area contributed by atoms with Crippen LogP contribution in [0, 0.1) is 5.92 Å². The second kappa shape index (κ2) is 11.8. The molecule has 2 unspecified atom stereocenters. The highest BCUT2D eigenvalue weighted by Crippen LogP contribution is 2.26. The summed E-state index contributed by atoms with van der Waals surface area (Å²) in [6.07, 6.45) is 2.52. The number of rotatable bonds is 9. The third-order valence-corrected chi connectivity index (χ3v) is 5.09. The van der Waals surface area contributed by atoms with Gasteiger partial charge in [0.25, 0.3) is 0 Å². The molecule has 1 aliphatic heterocycles. The number of methoxy groups -OCH3 is 1. The topological polar surface area (TPSA) is 58.1 Å². The van der Waals surface area contributed by atoms with E-state index in [9.17, 15) is 0 Å². The number of benzene rings is 1. The van der Waals surface area contributed by atoms with Gasteiger partial charge in [-0.2, -0.15) is 0 Å². The lowest BCUT2D eigenvalue weighted by molar-refractivity contribution is 0.141. The average Bonchev–Trinajstić information content (AvgIpc) is 2.70. The molecule has 0 radical (unpaired) electrons. The molecular weight excluding hydrogens is 352 g/mol. The predicted octanol–water partition coefficient (Wildman–Crippen LogP) is 3.14. The van der Waals surface area contributed by atoms with Gasteiger partial charge in [-0.1, -0.05) is 12.1 Å². The molecule has 2 rings (SSSR count). The van der Waals surface area contributed by atoms with E-state index in [0.717, 1.165) is 37.1 Å². The van der Waals surface area contributed by atoms with Crippen LogP contribution in [0.3, 0.4) is 0 Å². The molecule has 2 atom stereocenters. The quantitative estimate of drug-likeness (QED) is 0.501. The van der Waals surface area contributed by atoms with Crippen LogP contribution in [-0.4, -0.2) is 62.8 Å². The highest BCUT2D eigenvalue weighted by molar-refractivity contribution is 5.79. The number of ether oxygens (including phenoxy) is 2. The van der Waals surface area contributed by atoms with Crippen LogP contribution in [0.2, 0.25) is 0 Å². The third kappa shape index (κ3) is 7.23. The monoisotopic (exact) mass is 390 g/mol. The van der Waals surface area contributed by atoms with E-state index in [-0.39, 0.29) is 6.10 Å². The van der Waals surface area contributed by atoms with Crippen molar-refractivity contribution in [2.24, 2.45) is 10.9 Å². The van der Waals surface area contributed by atoms with Crippen LogP contribution in [0.15, 0.2) is 29.3 Å².